The smallest absolute Gasteiger partial charge is 0.410 e. The van der Waals surface area contributed by atoms with E-state index in [1.54, 1.807) is 4.90 Å². The van der Waals surface area contributed by atoms with Crippen molar-refractivity contribution in [3.05, 3.63) is 15.2 Å². The number of amides is 1. The molecule has 0 spiro atoms. The molecule has 1 aliphatic heterocycles. The molecule has 3 heterocycles. The van der Waals surface area contributed by atoms with Gasteiger partial charge in [0.25, 0.3) is 0 Å². The van der Waals surface area contributed by atoms with Gasteiger partial charge in [0.05, 0.1) is 11.4 Å². The van der Waals surface area contributed by atoms with E-state index in [2.05, 4.69) is 37.7 Å². The number of rotatable bonds is 1. The van der Waals surface area contributed by atoms with Crippen molar-refractivity contribution in [1.29, 1.82) is 0 Å². The maximum atomic E-state index is 12.2. The molecule has 2 aromatic heterocycles. The zero-order valence-corrected chi connectivity index (χ0v) is 16.7. The van der Waals surface area contributed by atoms with E-state index in [1.165, 1.54) is 6.33 Å². The second-order valence-electron chi connectivity index (χ2n) is 6.80. The number of halogens is 2. The van der Waals surface area contributed by atoms with Crippen LogP contribution in [0.25, 0.3) is 11.0 Å². The molecule has 2 aromatic rings. The van der Waals surface area contributed by atoms with Crippen LogP contribution in [0.1, 0.15) is 39.7 Å². The molecular weight excluding hydrogens is 445 g/mol. The number of carbonyl (C=O) groups is 1. The zero-order valence-electron chi connectivity index (χ0n) is 13.8. The normalized spacial score (nSPS) is 16.6. The maximum Gasteiger partial charge on any atom is 0.410 e. The minimum atomic E-state index is -0.476. The lowest BCUT2D eigenvalue weighted by atomic mass is 10.1. The number of fused-ring (bicyclic) bond motifs is 1. The third-order valence-electron chi connectivity index (χ3n) is 3.86. The third-order valence-corrected chi connectivity index (χ3v) is 4.90. The van der Waals surface area contributed by atoms with Gasteiger partial charge in [0.15, 0.2) is 5.65 Å². The molecule has 0 atom stereocenters. The lowest BCUT2D eigenvalue weighted by Crippen LogP contribution is -2.42. The van der Waals surface area contributed by atoms with Gasteiger partial charge >= 0.3 is 6.09 Å². The van der Waals surface area contributed by atoms with Crippen molar-refractivity contribution in [2.75, 3.05) is 13.1 Å². The largest absolute Gasteiger partial charge is 0.444 e. The predicted octanol–water partition coefficient (Wildman–Crippen LogP) is 3.66. The van der Waals surface area contributed by atoms with E-state index >= 15 is 0 Å². The zero-order chi connectivity index (χ0) is 17.5. The van der Waals surface area contributed by atoms with Crippen molar-refractivity contribution in [1.82, 2.24) is 24.6 Å². The van der Waals surface area contributed by atoms with E-state index in [9.17, 15) is 4.79 Å². The average molecular weight is 464 g/mol. The second kappa shape index (κ2) is 6.62. The van der Waals surface area contributed by atoms with Crippen molar-refractivity contribution in [3.63, 3.8) is 0 Å². The molecule has 7 nitrogen and oxygen atoms in total. The van der Waals surface area contributed by atoms with E-state index in [0.717, 1.165) is 27.6 Å². The fraction of sp³-hybridized carbons (Fsp3) is 0.600. The Kier molecular flexibility index (Phi) is 4.87. The summed E-state index contributed by atoms with van der Waals surface area (Å²) in [5.41, 5.74) is 0.269. The van der Waals surface area contributed by atoms with Gasteiger partial charge in [-0.15, -0.1) is 0 Å². The number of hydrogen-bond acceptors (Lipinski definition) is 5. The quantitative estimate of drug-likeness (QED) is 0.477. The lowest BCUT2D eigenvalue weighted by Gasteiger charge is -2.33. The van der Waals surface area contributed by atoms with Crippen LogP contribution in [0.15, 0.2) is 6.33 Å². The van der Waals surface area contributed by atoms with Gasteiger partial charge in [-0.3, -0.25) is 0 Å². The maximum absolute atomic E-state index is 12.2. The Morgan fingerprint density at radius 1 is 1.33 bits per heavy atom. The summed E-state index contributed by atoms with van der Waals surface area (Å²) in [6, 6.07) is 0.181. The fourth-order valence-electron chi connectivity index (χ4n) is 2.77. The monoisotopic (exact) mass is 463 g/mol. The molecule has 0 aromatic carbocycles. The number of aromatic nitrogens is 4. The molecule has 1 saturated heterocycles. The van der Waals surface area contributed by atoms with Crippen LogP contribution in [0.3, 0.4) is 0 Å². The number of nitrogens with zero attached hydrogens (tertiary/aromatic N) is 5. The molecule has 3 rings (SSSR count). The van der Waals surface area contributed by atoms with Crippen LogP contribution >= 0.6 is 34.2 Å². The molecule has 0 bridgehead atoms. The predicted molar refractivity (Wildman–Crippen MR) is 99.1 cm³/mol. The summed E-state index contributed by atoms with van der Waals surface area (Å²) in [4.78, 5) is 22.3. The SMILES string of the molecule is CC(C)(C)OC(=O)N1CCC(n2nc(I)c3c(Cl)ncnc32)CC1. The van der Waals surface area contributed by atoms with Crippen molar-refractivity contribution >= 4 is 51.3 Å². The number of likely N-dealkylation sites (tertiary alicyclic amines) is 1. The standard InChI is InChI=1S/C15H19ClIN5O2/c1-15(2,3)24-14(23)21-6-4-9(5-7-21)22-13-10(12(17)20-22)11(16)18-8-19-13/h8-9H,4-7H2,1-3H3. The molecule has 0 unspecified atom stereocenters. The van der Waals surface area contributed by atoms with E-state index in [4.69, 9.17) is 16.3 Å². The van der Waals surface area contributed by atoms with Crippen LogP contribution in [-0.2, 0) is 4.74 Å². The highest BCUT2D eigenvalue weighted by molar-refractivity contribution is 14.1. The van der Waals surface area contributed by atoms with Crippen LogP contribution in [-0.4, -0.2) is 49.4 Å². The molecule has 130 valence electrons. The summed E-state index contributed by atoms with van der Waals surface area (Å²) >= 11 is 8.31. The number of ether oxygens (including phenoxy) is 1. The minimum Gasteiger partial charge on any atom is -0.444 e. The number of hydrogen-bond donors (Lipinski definition) is 0. The molecule has 1 aliphatic rings. The van der Waals surface area contributed by atoms with Gasteiger partial charge < -0.3 is 9.64 Å². The molecule has 24 heavy (non-hydrogen) atoms. The topological polar surface area (TPSA) is 73.1 Å². The average Bonchev–Trinajstić information content (AvgIpc) is 2.84. The Bertz CT molecular complexity index is 765. The van der Waals surface area contributed by atoms with Crippen molar-refractivity contribution in [2.24, 2.45) is 0 Å². The summed E-state index contributed by atoms with van der Waals surface area (Å²) in [6.45, 7) is 6.89. The third kappa shape index (κ3) is 3.58. The summed E-state index contributed by atoms with van der Waals surface area (Å²) in [5, 5.41) is 5.79. The Morgan fingerprint density at radius 2 is 2.00 bits per heavy atom. The van der Waals surface area contributed by atoms with Crippen LogP contribution in [0.4, 0.5) is 4.79 Å². The van der Waals surface area contributed by atoms with E-state index in [0.29, 0.717) is 18.2 Å². The lowest BCUT2D eigenvalue weighted by molar-refractivity contribution is 0.0186. The Labute approximate surface area is 158 Å². The first kappa shape index (κ1) is 17.7. The van der Waals surface area contributed by atoms with Gasteiger partial charge in [-0.25, -0.2) is 19.4 Å². The molecule has 0 N–H and O–H groups in total. The number of piperidine rings is 1. The Hall–Kier alpha value is -1.16. The molecule has 1 amide bonds. The highest BCUT2D eigenvalue weighted by Crippen LogP contribution is 2.30. The molecule has 9 heteroatoms. The van der Waals surface area contributed by atoms with Gasteiger partial charge in [-0.1, -0.05) is 11.6 Å². The molecule has 1 fully saturated rings. The molecule has 0 radical (unpaired) electrons. The van der Waals surface area contributed by atoms with Crippen molar-refractivity contribution in [2.45, 2.75) is 45.3 Å². The fourth-order valence-corrected chi connectivity index (χ4v) is 3.88. The highest BCUT2D eigenvalue weighted by Gasteiger charge is 2.29. The summed E-state index contributed by atoms with van der Waals surface area (Å²) < 4.78 is 8.14. The molecule has 0 aliphatic carbocycles. The van der Waals surface area contributed by atoms with Crippen LogP contribution < -0.4 is 0 Å². The van der Waals surface area contributed by atoms with Crippen molar-refractivity contribution < 1.29 is 9.53 Å². The van der Waals surface area contributed by atoms with Crippen LogP contribution in [0, 0.1) is 3.70 Å². The number of carbonyl (C=O) groups excluding carboxylic acids is 1. The van der Waals surface area contributed by atoms with Gasteiger partial charge in [-0.05, 0) is 56.2 Å². The first-order valence-corrected chi connectivity index (χ1v) is 9.24. The Morgan fingerprint density at radius 3 is 2.62 bits per heavy atom. The van der Waals surface area contributed by atoms with Gasteiger partial charge in [0.1, 0.15) is 20.8 Å². The summed E-state index contributed by atoms with van der Waals surface area (Å²) in [5.74, 6) is 0. The Balaban J connectivity index is 1.74. The van der Waals surface area contributed by atoms with Crippen molar-refractivity contribution in [3.8, 4) is 0 Å². The van der Waals surface area contributed by atoms with Crippen LogP contribution in [0.2, 0.25) is 5.15 Å². The highest BCUT2D eigenvalue weighted by atomic mass is 127. The second-order valence-corrected chi connectivity index (χ2v) is 8.18. The van der Waals surface area contributed by atoms with Gasteiger partial charge in [0.2, 0.25) is 0 Å². The minimum absolute atomic E-state index is 0.181. The summed E-state index contributed by atoms with van der Waals surface area (Å²) in [7, 11) is 0. The van der Waals surface area contributed by atoms with Gasteiger partial charge in [0, 0.05) is 13.1 Å². The van der Waals surface area contributed by atoms with E-state index < -0.39 is 5.60 Å². The first-order chi connectivity index (χ1) is 11.3. The molecule has 0 saturated carbocycles. The first-order valence-electron chi connectivity index (χ1n) is 7.78. The summed E-state index contributed by atoms with van der Waals surface area (Å²) in [6.07, 6.45) is 2.79. The van der Waals surface area contributed by atoms with E-state index in [-0.39, 0.29) is 12.1 Å². The van der Waals surface area contributed by atoms with Crippen LogP contribution in [0.5, 0.6) is 0 Å². The van der Waals surface area contributed by atoms with Gasteiger partial charge in [-0.2, -0.15) is 5.10 Å². The van der Waals surface area contributed by atoms with E-state index in [1.807, 2.05) is 25.5 Å². The molecular formula is C15H19ClIN5O2.